The first kappa shape index (κ1) is 13.2. The van der Waals surface area contributed by atoms with E-state index in [2.05, 4.69) is 10.2 Å². The number of methoxy groups -OCH3 is 1. The average Bonchev–Trinajstić information content (AvgIpc) is 2.42. The quantitative estimate of drug-likeness (QED) is 0.789. The largest absolute Gasteiger partial charge is 0.496 e. The number of aromatic nitrogens is 2. The summed E-state index contributed by atoms with van der Waals surface area (Å²) in [5, 5.41) is 7.70. The molecule has 0 saturated heterocycles. The van der Waals surface area contributed by atoms with Gasteiger partial charge in [-0.15, -0.1) is 0 Å². The summed E-state index contributed by atoms with van der Waals surface area (Å²) < 4.78 is 5.28. The summed E-state index contributed by atoms with van der Waals surface area (Å²) in [6.45, 7) is 3.97. The highest BCUT2D eigenvalue weighted by Gasteiger charge is 2.15. The molecule has 0 N–H and O–H groups in total. The standard InChI is InChI=1S/C15H16N2O2/c1-10-7-13(15(19-3)8-11(10)2)14(18)9-12-5-4-6-16-17-12/h4-8H,9H2,1-3H3. The van der Waals surface area contributed by atoms with Gasteiger partial charge in [-0.05, 0) is 49.2 Å². The van der Waals surface area contributed by atoms with Gasteiger partial charge in [0.25, 0.3) is 0 Å². The number of nitrogens with zero attached hydrogens (tertiary/aromatic N) is 2. The van der Waals surface area contributed by atoms with Gasteiger partial charge in [-0.2, -0.15) is 10.2 Å². The van der Waals surface area contributed by atoms with Gasteiger partial charge in [0.1, 0.15) is 5.75 Å². The maximum absolute atomic E-state index is 12.3. The van der Waals surface area contributed by atoms with Crippen molar-refractivity contribution in [2.24, 2.45) is 0 Å². The Morgan fingerprint density at radius 1 is 1.26 bits per heavy atom. The number of rotatable bonds is 4. The number of Topliss-reactive ketones (excluding diaryl/α,β-unsaturated/α-hetero) is 1. The number of hydrogen-bond donors (Lipinski definition) is 0. The van der Waals surface area contributed by atoms with E-state index >= 15 is 0 Å². The summed E-state index contributed by atoms with van der Waals surface area (Å²) in [4.78, 5) is 12.3. The zero-order valence-corrected chi connectivity index (χ0v) is 11.3. The molecule has 0 bridgehead atoms. The van der Waals surface area contributed by atoms with Gasteiger partial charge < -0.3 is 4.74 Å². The lowest BCUT2D eigenvalue weighted by Crippen LogP contribution is -2.08. The fraction of sp³-hybridized carbons (Fsp3) is 0.267. The number of ether oxygens (including phenoxy) is 1. The minimum Gasteiger partial charge on any atom is -0.496 e. The van der Waals surface area contributed by atoms with E-state index in [1.165, 1.54) is 0 Å². The van der Waals surface area contributed by atoms with Crippen LogP contribution in [0.5, 0.6) is 5.75 Å². The van der Waals surface area contributed by atoms with Gasteiger partial charge in [-0.3, -0.25) is 4.79 Å². The minimum absolute atomic E-state index is 0.0135. The van der Waals surface area contributed by atoms with E-state index in [1.807, 2.05) is 26.0 Å². The molecular formula is C15H16N2O2. The topological polar surface area (TPSA) is 52.1 Å². The van der Waals surface area contributed by atoms with E-state index in [0.717, 1.165) is 11.1 Å². The van der Waals surface area contributed by atoms with Gasteiger partial charge >= 0.3 is 0 Å². The Kier molecular flexibility index (Phi) is 3.90. The number of carbonyl (C=O) groups is 1. The van der Waals surface area contributed by atoms with Crippen LogP contribution in [0.15, 0.2) is 30.5 Å². The molecule has 0 spiro atoms. The van der Waals surface area contributed by atoms with Crippen LogP contribution in [0, 0.1) is 13.8 Å². The Labute approximate surface area is 112 Å². The second-order valence-corrected chi connectivity index (χ2v) is 4.45. The van der Waals surface area contributed by atoms with Crippen LogP contribution in [-0.2, 0) is 6.42 Å². The summed E-state index contributed by atoms with van der Waals surface area (Å²) in [5.41, 5.74) is 3.43. The predicted molar refractivity (Wildman–Crippen MR) is 72.5 cm³/mol. The summed E-state index contributed by atoms with van der Waals surface area (Å²) >= 11 is 0. The van der Waals surface area contributed by atoms with Gasteiger partial charge in [0.2, 0.25) is 0 Å². The summed E-state index contributed by atoms with van der Waals surface area (Å²) in [5.74, 6) is 0.595. The zero-order chi connectivity index (χ0) is 13.8. The maximum atomic E-state index is 12.3. The Morgan fingerprint density at radius 2 is 2.00 bits per heavy atom. The van der Waals surface area contributed by atoms with E-state index in [1.54, 1.807) is 25.4 Å². The molecule has 4 heteroatoms. The van der Waals surface area contributed by atoms with Gasteiger partial charge in [-0.1, -0.05) is 0 Å². The lowest BCUT2D eigenvalue weighted by Gasteiger charge is -2.10. The lowest BCUT2D eigenvalue weighted by molar-refractivity contribution is 0.0988. The first-order valence-corrected chi connectivity index (χ1v) is 6.07. The third-order valence-corrected chi connectivity index (χ3v) is 3.09. The first-order chi connectivity index (χ1) is 9.11. The van der Waals surface area contributed by atoms with Crippen LogP contribution in [0.4, 0.5) is 0 Å². The van der Waals surface area contributed by atoms with Crippen LogP contribution >= 0.6 is 0 Å². The molecule has 19 heavy (non-hydrogen) atoms. The fourth-order valence-electron chi connectivity index (χ4n) is 1.86. The second kappa shape index (κ2) is 5.61. The predicted octanol–water partition coefficient (Wildman–Crippen LogP) is 2.53. The molecule has 0 radical (unpaired) electrons. The lowest BCUT2D eigenvalue weighted by atomic mass is 10.00. The molecule has 2 aromatic rings. The molecule has 0 saturated carbocycles. The second-order valence-electron chi connectivity index (χ2n) is 4.45. The Bertz CT molecular complexity index is 595. The van der Waals surface area contributed by atoms with Gasteiger partial charge in [0.15, 0.2) is 5.78 Å². The molecular weight excluding hydrogens is 240 g/mol. The molecule has 1 heterocycles. The molecule has 0 fully saturated rings. The normalized spacial score (nSPS) is 10.3. The van der Waals surface area contributed by atoms with E-state index in [4.69, 9.17) is 4.74 Å². The highest BCUT2D eigenvalue weighted by atomic mass is 16.5. The summed E-state index contributed by atoms with van der Waals surface area (Å²) in [6, 6.07) is 7.32. The van der Waals surface area contributed by atoms with Crippen molar-refractivity contribution >= 4 is 5.78 Å². The molecule has 0 atom stereocenters. The molecule has 98 valence electrons. The zero-order valence-electron chi connectivity index (χ0n) is 11.3. The van der Waals surface area contributed by atoms with Crippen LogP contribution in [0.2, 0.25) is 0 Å². The van der Waals surface area contributed by atoms with Crippen molar-refractivity contribution in [1.29, 1.82) is 0 Å². The highest BCUT2D eigenvalue weighted by Crippen LogP contribution is 2.24. The van der Waals surface area contributed by atoms with E-state index in [9.17, 15) is 4.79 Å². The molecule has 0 unspecified atom stereocenters. The number of aryl methyl sites for hydroxylation is 2. The maximum Gasteiger partial charge on any atom is 0.172 e. The van der Waals surface area contributed by atoms with Gasteiger partial charge in [0.05, 0.1) is 24.8 Å². The van der Waals surface area contributed by atoms with Crippen molar-refractivity contribution in [1.82, 2.24) is 10.2 Å². The van der Waals surface area contributed by atoms with Crippen molar-refractivity contribution in [2.75, 3.05) is 7.11 Å². The van der Waals surface area contributed by atoms with Crippen LogP contribution < -0.4 is 4.74 Å². The van der Waals surface area contributed by atoms with E-state index < -0.39 is 0 Å². The Morgan fingerprint density at radius 3 is 2.63 bits per heavy atom. The van der Waals surface area contributed by atoms with Crippen molar-refractivity contribution in [3.8, 4) is 5.75 Å². The Balaban J connectivity index is 2.31. The monoisotopic (exact) mass is 256 g/mol. The molecule has 0 aliphatic rings. The third-order valence-electron chi connectivity index (χ3n) is 3.09. The van der Waals surface area contributed by atoms with Crippen LogP contribution in [0.3, 0.4) is 0 Å². The number of hydrogen-bond acceptors (Lipinski definition) is 4. The number of carbonyl (C=O) groups excluding carboxylic acids is 1. The molecule has 0 amide bonds. The number of ketones is 1. The molecule has 0 aliphatic heterocycles. The van der Waals surface area contributed by atoms with Crippen molar-refractivity contribution in [2.45, 2.75) is 20.3 Å². The van der Waals surface area contributed by atoms with Crippen molar-refractivity contribution in [3.05, 3.63) is 52.8 Å². The fourth-order valence-corrected chi connectivity index (χ4v) is 1.86. The summed E-state index contributed by atoms with van der Waals surface area (Å²) in [6.07, 6.45) is 1.82. The average molecular weight is 256 g/mol. The first-order valence-electron chi connectivity index (χ1n) is 6.07. The molecule has 0 aliphatic carbocycles. The third kappa shape index (κ3) is 2.96. The van der Waals surface area contributed by atoms with Crippen molar-refractivity contribution in [3.63, 3.8) is 0 Å². The van der Waals surface area contributed by atoms with Crippen LogP contribution in [0.25, 0.3) is 0 Å². The highest BCUT2D eigenvalue weighted by molar-refractivity contribution is 6.00. The van der Waals surface area contributed by atoms with Crippen LogP contribution in [0.1, 0.15) is 27.2 Å². The Hall–Kier alpha value is -2.23. The van der Waals surface area contributed by atoms with Gasteiger partial charge in [0, 0.05) is 6.20 Å². The summed E-state index contributed by atoms with van der Waals surface area (Å²) in [7, 11) is 1.57. The van der Waals surface area contributed by atoms with Gasteiger partial charge in [-0.25, -0.2) is 0 Å². The number of benzene rings is 1. The van der Waals surface area contributed by atoms with Crippen LogP contribution in [-0.4, -0.2) is 23.1 Å². The molecule has 2 rings (SSSR count). The van der Waals surface area contributed by atoms with E-state index in [0.29, 0.717) is 17.0 Å². The SMILES string of the molecule is COc1cc(C)c(C)cc1C(=O)Cc1cccnn1. The molecule has 1 aromatic heterocycles. The van der Waals surface area contributed by atoms with E-state index in [-0.39, 0.29) is 12.2 Å². The molecule has 4 nitrogen and oxygen atoms in total. The smallest absolute Gasteiger partial charge is 0.172 e. The van der Waals surface area contributed by atoms with Crippen molar-refractivity contribution < 1.29 is 9.53 Å². The molecule has 1 aromatic carbocycles. The minimum atomic E-state index is -0.0135.